The molecule has 0 amide bonds. The van der Waals surface area contributed by atoms with Gasteiger partial charge in [-0.25, -0.2) is 4.79 Å². The van der Waals surface area contributed by atoms with E-state index < -0.39 is 0 Å². The molecule has 0 radical (unpaired) electrons. The van der Waals surface area contributed by atoms with Crippen molar-refractivity contribution in [3.05, 3.63) is 30.0 Å². The molecule has 0 atom stereocenters. The summed E-state index contributed by atoms with van der Waals surface area (Å²) in [6.45, 7) is 0. The minimum Gasteiger partial charge on any atom is -0.496 e. The molecule has 16 heavy (non-hydrogen) atoms. The number of aromatic nitrogens is 1. The zero-order chi connectivity index (χ0) is 11.7. The van der Waals surface area contributed by atoms with Crippen molar-refractivity contribution < 1.29 is 14.3 Å². The Labute approximate surface area is 93.4 Å². The van der Waals surface area contributed by atoms with Crippen LogP contribution in [0.3, 0.4) is 0 Å². The summed E-state index contributed by atoms with van der Waals surface area (Å²) in [5.74, 6) is 0.415. The van der Waals surface area contributed by atoms with Crippen LogP contribution in [0, 0.1) is 0 Å². The fourth-order valence-electron chi connectivity index (χ4n) is 1.84. The van der Waals surface area contributed by atoms with Gasteiger partial charge in [-0.3, -0.25) is 0 Å². The van der Waals surface area contributed by atoms with Gasteiger partial charge in [0.2, 0.25) is 0 Å². The van der Waals surface area contributed by atoms with E-state index >= 15 is 0 Å². The highest BCUT2D eigenvalue weighted by Gasteiger charge is 2.15. The number of nitrogens with zero attached hydrogens (tertiary/aromatic N) is 1. The van der Waals surface area contributed by atoms with Crippen LogP contribution in [0.2, 0.25) is 0 Å². The summed E-state index contributed by atoms with van der Waals surface area (Å²) in [4.78, 5) is 11.6. The Morgan fingerprint density at radius 2 is 2.00 bits per heavy atom. The summed E-state index contributed by atoms with van der Waals surface area (Å²) in [5, 5.41) is 0.910. The fraction of sp³-hybridized carbons (Fsp3) is 0.250. The second kappa shape index (κ2) is 3.89. The number of aryl methyl sites for hydroxylation is 1. The summed E-state index contributed by atoms with van der Waals surface area (Å²) >= 11 is 0. The number of carbonyl (C=O) groups is 1. The molecule has 0 spiro atoms. The van der Waals surface area contributed by atoms with Crippen molar-refractivity contribution in [3.63, 3.8) is 0 Å². The maximum atomic E-state index is 11.6. The maximum Gasteiger partial charge on any atom is 0.340 e. The van der Waals surface area contributed by atoms with Crippen molar-refractivity contribution in [1.82, 2.24) is 4.57 Å². The summed E-state index contributed by atoms with van der Waals surface area (Å²) in [7, 11) is 4.87. The van der Waals surface area contributed by atoms with Crippen molar-refractivity contribution in [2.45, 2.75) is 0 Å². The first-order chi connectivity index (χ1) is 7.69. The lowest BCUT2D eigenvalue weighted by molar-refractivity contribution is 0.0602. The van der Waals surface area contributed by atoms with Crippen LogP contribution in [0.4, 0.5) is 0 Å². The average molecular weight is 219 g/mol. The average Bonchev–Trinajstić information content (AvgIpc) is 2.70. The van der Waals surface area contributed by atoms with Crippen molar-refractivity contribution in [2.24, 2.45) is 7.05 Å². The Morgan fingerprint density at radius 3 is 2.62 bits per heavy atom. The van der Waals surface area contributed by atoms with E-state index in [1.165, 1.54) is 7.11 Å². The molecule has 4 heteroatoms. The first-order valence-corrected chi connectivity index (χ1v) is 4.89. The molecule has 0 aliphatic carbocycles. The molecule has 1 heterocycles. The van der Waals surface area contributed by atoms with Gasteiger partial charge in [0.25, 0.3) is 0 Å². The van der Waals surface area contributed by atoms with E-state index in [0.717, 1.165) is 16.7 Å². The van der Waals surface area contributed by atoms with E-state index in [4.69, 9.17) is 9.47 Å². The normalized spacial score (nSPS) is 10.4. The third kappa shape index (κ3) is 1.43. The summed E-state index contributed by atoms with van der Waals surface area (Å²) in [5.41, 5.74) is 1.37. The number of fused-ring (bicyclic) bond motifs is 1. The highest BCUT2D eigenvalue weighted by molar-refractivity contribution is 6.05. The highest BCUT2D eigenvalue weighted by atomic mass is 16.5. The minimum absolute atomic E-state index is 0.338. The largest absolute Gasteiger partial charge is 0.496 e. The van der Waals surface area contributed by atoms with E-state index in [1.54, 1.807) is 19.2 Å². The van der Waals surface area contributed by atoms with Gasteiger partial charge >= 0.3 is 5.97 Å². The van der Waals surface area contributed by atoms with Gasteiger partial charge in [0, 0.05) is 18.6 Å². The molecule has 0 fully saturated rings. The molecule has 0 aliphatic rings. The van der Waals surface area contributed by atoms with Gasteiger partial charge in [0.1, 0.15) is 5.75 Å². The second-order valence-electron chi connectivity index (χ2n) is 3.50. The van der Waals surface area contributed by atoms with Crippen molar-refractivity contribution >= 4 is 16.9 Å². The Kier molecular flexibility index (Phi) is 2.56. The maximum absolute atomic E-state index is 11.6. The number of esters is 1. The van der Waals surface area contributed by atoms with Crippen LogP contribution in [0.25, 0.3) is 10.9 Å². The molecule has 4 nitrogen and oxygen atoms in total. The number of hydrogen-bond donors (Lipinski definition) is 0. The van der Waals surface area contributed by atoms with Gasteiger partial charge in [-0.1, -0.05) is 0 Å². The predicted octanol–water partition coefficient (Wildman–Crippen LogP) is 1.97. The summed E-state index contributed by atoms with van der Waals surface area (Å²) in [6, 6.07) is 5.40. The number of ether oxygens (including phenoxy) is 2. The number of benzene rings is 1. The molecular weight excluding hydrogens is 206 g/mol. The Hall–Kier alpha value is -1.97. The Balaban J connectivity index is 2.77. The zero-order valence-corrected chi connectivity index (χ0v) is 9.48. The van der Waals surface area contributed by atoms with Crippen LogP contribution < -0.4 is 4.74 Å². The molecule has 0 saturated carbocycles. The topological polar surface area (TPSA) is 40.5 Å². The lowest BCUT2D eigenvalue weighted by Crippen LogP contribution is -2.04. The van der Waals surface area contributed by atoms with Crippen LogP contribution in [0.1, 0.15) is 10.4 Å². The van der Waals surface area contributed by atoms with E-state index in [1.807, 2.05) is 23.9 Å². The number of carbonyl (C=O) groups excluding carboxylic acids is 1. The molecule has 0 unspecified atom stereocenters. The lowest BCUT2D eigenvalue weighted by atomic mass is 10.1. The Morgan fingerprint density at radius 1 is 1.25 bits per heavy atom. The molecule has 84 valence electrons. The molecule has 0 aliphatic heterocycles. The van der Waals surface area contributed by atoms with Gasteiger partial charge in [-0.15, -0.1) is 0 Å². The molecule has 2 aromatic rings. The van der Waals surface area contributed by atoms with Crippen LogP contribution in [-0.4, -0.2) is 24.8 Å². The smallest absolute Gasteiger partial charge is 0.340 e. The molecule has 1 aromatic heterocycles. The lowest BCUT2D eigenvalue weighted by Gasteiger charge is -2.07. The van der Waals surface area contributed by atoms with Crippen molar-refractivity contribution in [2.75, 3.05) is 14.2 Å². The third-order valence-corrected chi connectivity index (χ3v) is 2.62. The van der Waals surface area contributed by atoms with Crippen LogP contribution >= 0.6 is 0 Å². The van der Waals surface area contributed by atoms with E-state index in [2.05, 4.69) is 0 Å². The SMILES string of the molecule is COC(=O)c1ccc(OC)c2ccn(C)c12. The predicted molar refractivity (Wildman–Crippen MR) is 60.8 cm³/mol. The fourth-order valence-corrected chi connectivity index (χ4v) is 1.84. The molecule has 0 N–H and O–H groups in total. The molecular formula is C12H13NO3. The number of methoxy groups -OCH3 is 2. The van der Waals surface area contributed by atoms with E-state index in [-0.39, 0.29) is 5.97 Å². The number of hydrogen-bond acceptors (Lipinski definition) is 3. The monoisotopic (exact) mass is 219 g/mol. The number of rotatable bonds is 2. The van der Waals surface area contributed by atoms with Gasteiger partial charge < -0.3 is 14.0 Å². The summed E-state index contributed by atoms with van der Waals surface area (Å²) < 4.78 is 11.9. The summed E-state index contributed by atoms with van der Waals surface area (Å²) in [6.07, 6.45) is 1.89. The van der Waals surface area contributed by atoms with Crippen molar-refractivity contribution in [3.8, 4) is 5.75 Å². The molecule has 1 aromatic carbocycles. The third-order valence-electron chi connectivity index (χ3n) is 2.62. The standard InChI is InChI=1S/C12H13NO3/c1-13-7-6-8-10(15-2)5-4-9(11(8)13)12(14)16-3/h4-7H,1-3H3. The first-order valence-electron chi connectivity index (χ1n) is 4.89. The second-order valence-corrected chi connectivity index (χ2v) is 3.50. The first kappa shape index (κ1) is 10.5. The van der Waals surface area contributed by atoms with Gasteiger partial charge in [0.05, 0.1) is 25.3 Å². The molecule has 0 saturated heterocycles. The van der Waals surface area contributed by atoms with Crippen LogP contribution in [0.15, 0.2) is 24.4 Å². The molecule has 2 rings (SSSR count). The van der Waals surface area contributed by atoms with Crippen LogP contribution in [0.5, 0.6) is 5.75 Å². The van der Waals surface area contributed by atoms with Crippen LogP contribution in [-0.2, 0) is 11.8 Å². The van der Waals surface area contributed by atoms with E-state index in [0.29, 0.717) is 5.56 Å². The minimum atomic E-state index is -0.338. The Bertz CT molecular complexity index is 542. The zero-order valence-electron chi connectivity index (χ0n) is 9.48. The van der Waals surface area contributed by atoms with E-state index in [9.17, 15) is 4.79 Å². The quantitative estimate of drug-likeness (QED) is 0.725. The van der Waals surface area contributed by atoms with Crippen molar-refractivity contribution in [1.29, 1.82) is 0 Å². The molecule has 0 bridgehead atoms. The van der Waals surface area contributed by atoms with Gasteiger partial charge in [-0.2, -0.15) is 0 Å². The van der Waals surface area contributed by atoms with Gasteiger partial charge in [0.15, 0.2) is 0 Å². The highest BCUT2D eigenvalue weighted by Crippen LogP contribution is 2.29. The van der Waals surface area contributed by atoms with Gasteiger partial charge in [-0.05, 0) is 18.2 Å².